The van der Waals surface area contributed by atoms with Crippen molar-refractivity contribution in [3.05, 3.63) is 126 Å². The Bertz CT molecular complexity index is 1070. The molecule has 1 saturated heterocycles. The van der Waals surface area contributed by atoms with Crippen LogP contribution in [0.2, 0.25) is 0 Å². The number of carbonyl (C=O) groups is 1. The number of aryl methyl sites for hydroxylation is 1. The third kappa shape index (κ3) is 6.97. The number of piperidine rings is 1. The van der Waals surface area contributed by atoms with Crippen molar-refractivity contribution in [2.24, 2.45) is 0 Å². The number of rotatable bonds is 11. The minimum absolute atomic E-state index is 0.0870. The molecule has 1 aliphatic rings. The van der Waals surface area contributed by atoms with Gasteiger partial charge in [0.15, 0.2) is 0 Å². The Balaban J connectivity index is 1.71. The highest BCUT2D eigenvalue weighted by molar-refractivity contribution is 5.88. The third-order valence-corrected chi connectivity index (χ3v) is 6.85. The summed E-state index contributed by atoms with van der Waals surface area (Å²) in [4.78, 5) is 16.0. The van der Waals surface area contributed by atoms with Crippen LogP contribution in [-0.4, -0.2) is 30.4 Å². The van der Waals surface area contributed by atoms with E-state index >= 15 is 0 Å². The van der Waals surface area contributed by atoms with Gasteiger partial charge < -0.3 is 10.2 Å². The summed E-state index contributed by atoms with van der Waals surface area (Å²) in [5.74, 6) is 0.0870. The first-order valence-electron chi connectivity index (χ1n) is 12.6. The van der Waals surface area contributed by atoms with Crippen molar-refractivity contribution in [3.63, 3.8) is 0 Å². The van der Waals surface area contributed by atoms with Crippen molar-refractivity contribution >= 4 is 5.91 Å². The highest BCUT2D eigenvalue weighted by Crippen LogP contribution is 2.37. The number of benzene rings is 2. The van der Waals surface area contributed by atoms with Gasteiger partial charge in [0.1, 0.15) is 0 Å². The lowest BCUT2D eigenvalue weighted by molar-refractivity contribution is -0.128. The monoisotopic (exact) mass is 466 g/mol. The molecule has 0 bridgehead atoms. The molecule has 35 heavy (non-hydrogen) atoms. The van der Waals surface area contributed by atoms with Crippen LogP contribution in [0, 0.1) is 0 Å². The SMILES string of the molecule is C=C=C(CCc1ccccc1)N1CCC(C(=O)NC/C(C=C)=C/C=C\CC)(c2ccccc2)CC1. The maximum Gasteiger partial charge on any atom is 0.231 e. The quantitative estimate of drug-likeness (QED) is 0.302. The second kappa shape index (κ2) is 13.4. The second-order valence-electron chi connectivity index (χ2n) is 9.01. The first kappa shape index (κ1) is 26.1. The third-order valence-electron chi connectivity index (χ3n) is 6.85. The molecule has 2 aromatic rings. The molecule has 0 radical (unpaired) electrons. The fourth-order valence-electron chi connectivity index (χ4n) is 4.71. The zero-order chi connectivity index (χ0) is 24.9. The molecular weight excluding hydrogens is 428 g/mol. The van der Waals surface area contributed by atoms with E-state index in [1.807, 2.05) is 42.5 Å². The van der Waals surface area contributed by atoms with Crippen LogP contribution in [0.15, 0.2) is 115 Å². The summed E-state index contributed by atoms with van der Waals surface area (Å²) in [6, 6.07) is 20.7. The van der Waals surface area contributed by atoms with E-state index in [-0.39, 0.29) is 5.91 Å². The highest BCUT2D eigenvalue weighted by atomic mass is 16.2. The average molecular weight is 467 g/mol. The zero-order valence-electron chi connectivity index (χ0n) is 21.0. The number of amides is 1. The molecule has 0 aromatic heterocycles. The van der Waals surface area contributed by atoms with Gasteiger partial charge in [-0.05, 0) is 48.8 Å². The molecule has 3 heteroatoms. The van der Waals surface area contributed by atoms with E-state index in [1.54, 1.807) is 0 Å². The van der Waals surface area contributed by atoms with Crippen LogP contribution in [0.4, 0.5) is 0 Å². The summed E-state index contributed by atoms with van der Waals surface area (Å²) < 4.78 is 0. The standard InChI is InChI=1S/C32H38N2O/c1-4-7-10-15-27(5-2)26-33-31(35)32(29-18-13-9-14-19-29)22-24-34(25-23-32)30(6-3)21-20-28-16-11-8-12-17-28/h5,7-19H,2-4,20-26H2,1H3,(H,33,35)/b10-7-,27-15+. The van der Waals surface area contributed by atoms with Crippen molar-refractivity contribution in [3.8, 4) is 0 Å². The second-order valence-corrected chi connectivity index (χ2v) is 9.01. The van der Waals surface area contributed by atoms with E-state index in [4.69, 9.17) is 0 Å². The Morgan fingerprint density at radius 2 is 1.74 bits per heavy atom. The topological polar surface area (TPSA) is 32.3 Å². The first-order valence-corrected chi connectivity index (χ1v) is 12.6. The molecule has 3 nitrogen and oxygen atoms in total. The lowest BCUT2D eigenvalue weighted by Gasteiger charge is -2.42. The highest BCUT2D eigenvalue weighted by Gasteiger charge is 2.43. The number of allylic oxidation sites excluding steroid dienone is 4. The predicted molar refractivity (Wildman–Crippen MR) is 147 cm³/mol. The molecule has 182 valence electrons. The Morgan fingerprint density at radius 3 is 2.34 bits per heavy atom. The van der Waals surface area contributed by atoms with Gasteiger partial charge in [0.25, 0.3) is 0 Å². The fraction of sp³-hybridized carbons (Fsp3) is 0.312. The molecule has 2 aromatic carbocycles. The summed E-state index contributed by atoms with van der Waals surface area (Å²) in [7, 11) is 0. The summed E-state index contributed by atoms with van der Waals surface area (Å²) in [6.07, 6.45) is 12.3. The van der Waals surface area contributed by atoms with Crippen LogP contribution in [-0.2, 0) is 16.6 Å². The van der Waals surface area contributed by atoms with Crippen LogP contribution >= 0.6 is 0 Å². The van der Waals surface area contributed by atoms with Crippen molar-refractivity contribution in [2.75, 3.05) is 19.6 Å². The number of hydrogen-bond acceptors (Lipinski definition) is 2. The number of hydrogen-bond donors (Lipinski definition) is 1. The van der Waals surface area contributed by atoms with Gasteiger partial charge in [0.2, 0.25) is 5.91 Å². The summed E-state index contributed by atoms with van der Waals surface area (Å²) in [6.45, 7) is 12.1. The molecule has 0 aliphatic carbocycles. The van der Waals surface area contributed by atoms with E-state index in [0.29, 0.717) is 6.54 Å². The molecule has 0 saturated carbocycles. The molecule has 1 N–H and O–H groups in total. The van der Waals surface area contributed by atoms with Crippen LogP contribution in [0.3, 0.4) is 0 Å². The molecule has 0 unspecified atom stereocenters. The lowest BCUT2D eigenvalue weighted by atomic mass is 9.71. The Kier molecular flexibility index (Phi) is 9.95. The fourth-order valence-corrected chi connectivity index (χ4v) is 4.71. The lowest BCUT2D eigenvalue weighted by Crippen LogP contribution is -2.51. The van der Waals surface area contributed by atoms with Crippen molar-refractivity contribution in [1.82, 2.24) is 10.2 Å². The number of likely N-dealkylation sites (tertiary alicyclic amines) is 1. The normalized spacial score (nSPS) is 15.5. The summed E-state index contributed by atoms with van der Waals surface area (Å²) >= 11 is 0. The van der Waals surface area contributed by atoms with Crippen molar-refractivity contribution in [2.45, 2.75) is 44.4 Å². The first-order chi connectivity index (χ1) is 17.1. The number of carbonyl (C=O) groups excluding carboxylic acids is 1. The van der Waals surface area contributed by atoms with Gasteiger partial charge in [-0.1, -0.05) is 105 Å². The van der Waals surface area contributed by atoms with Crippen LogP contribution in [0.25, 0.3) is 0 Å². The van der Waals surface area contributed by atoms with E-state index in [2.05, 4.69) is 78.5 Å². The maximum absolute atomic E-state index is 13.7. The molecule has 1 heterocycles. The van der Waals surface area contributed by atoms with Crippen LogP contribution in [0.5, 0.6) is 0 Å². The molecule has 0 atom stereocenters. The van der Waals surface area contributed by atoms with Crippen LogP contribution in [0.1, 0.15) is 43.7 Å². The summed E-state index contributed by atoms with van der Waals surface area (Å²) in [5.41, 5.74) is 7.17. The molecule has 1 aliphatic heterocycles. The zero-order valence-corrected chi connectivity index (χ0v) is 21.0. The van der Waals surface area contributed by atoms with Gasteiger partial charge in [-0.3, -0.25) is 4.79 Å². The van der Waals surface area contributed by atoms with Gasteiger partial charge in [-0.15, -0.1) is 5.73 Å². The number of nitrogens with zero attached hydrogens (tertiary/aromatic N) is 1. The molecule has 0 spiro atoms. The Morgan fingerprint density at radius 1 is 1.09 bits per heavy atom. The minimum Gasteiger partial charge on any atom is -0.369 e. The van der Waals surface area contributed by atoms with Gasteiger partial charge in [0.05, 0.1) is 11.1 Å². The van der Waals surface area contributed by atoms with E-state index in [9.17, 15) is 4.79 Å². The Labute approximate surface area is 211 Å². The van der Waals surface area contributed by atoms with Gasteiger partial charge in [0, 0.05) is 19.6 Å². The van der Waals surface area contributed by atoms with E-state index in [1.165, 1.54) is 5.56 Å². The Hall–Kier alpha value is -3.55. The van der Waals surface area contributed by atoms with E-state index in [0.717, 1.165) is 62.0 Å². The maximum atomic E-state index is 13.7. The van der Waals surface area contributed by atoms with Gasteiger partial charge >= 0.3 is 0 Å². The molecule has 1 fully saturated rings. The largest absolute Gasteiger partial charge is 0.369 e. The number of nitrogens with one attached hydrogen (secondary N) is 1. The van der Waals surface area contributed by atoms with Gasteiger partial charge in [-0.2, -0.15) is 0 Å². The average Bonchev–Trinajstić information content (AvgIpc) is 2.92. The van der Waals surface area contributed by atoms with Gasteiger partial charge in [-0.25, -0.2) is 0 Å². The predicted octanol–water partition coefficient (Wildman–Crippen LogP) is 6.52. The minimum atomic E-state index is -0.547. The van der Waals surface area contributed by atoms with Crippen molar-refractivity contribution < 1.29 is 4.79 Å². The molecule has 3 rings (SSSR count). The summed E-state index contributed by atoms with van der Waals surface area (Å²) in [5, 5.41) is 3.21. The molecular formula is C32H38N2O. The molecule has 1 amide bonds. The van der Waals surface area contributed by atoms with E-state index < -0.39 is 5.41 Å². The van der Waals surface area contributed by atoms with Crippen molar-refractivity contribution in [1.29, 1.82) is 0 Å². The smallest absolute Gasteiger partial charge is 0.231 e. The van der Waals surface area contributed by atoms with Crippen LogP contribution < -0.4 is 5.32 Å².